The molecule has 24 heavy (non-hydrogen) atoms. The van der Waals surface area contributed by atoms with E-state index < -0.39 is 5.41 Å². The number of halogens is 1. The standard InChI is InChI=1S/C19H23ClO4/c1-17-5-2-6-18(9-24-16(17)23)12-4-3-10-7-19(12,8-11(10)21)13(14(17)18)15(20)22/h10,12-14H,2-9H2,1H3/t10-,12+,13-,14-,17-,18-,19-/m1/s1. The van der Waals surface area contributed by atoms with Gasteiger partial charge in [0.25, 0.3) is 0 Å². The number of esters is 1. The summed E-state index contributed by atoms with van der Waals surface area (Å²) in [5.74, 6) is 0.110. The summed E-state index contributed by atoms with van der Waals surface area (Å²) in [6.45, 7) is 2.39. The fourth-order valence-corrected chi connectivity index (χ4v) is 8.32. The number of rotatable bonds is 1. The van der Waals surface area contributed by atoms with Crippen LogP contribution in [-0.4, -0.2) is 23.6 Å². The minimum atomic E-state index is -0.626. The summed E-state index contributed by atoms with van der Waals surface area (Å²) in [7, 11) is 0. The average molecular weight is 351 g/mol. The molecule has 0 aromatic heterocycles. The molecule has 1 spiro atoms. The second-order valence-electron chi connectivity index (χ2n) is 9.25. The first-order valence-electron chi connectivity index (χ1n) is 9.24. The summed E-state index contributed by atoms with van der Waals surface area (Å²) in [6, 6.07) is 0. The van der Waals surface area contributed by atoms with Gasteiger partial charge < -0.3 is 4.74 Å². The highest BCUT2D eigenvalue weighted by Crippen LogP contribution is 2.78. The van der Waals surface area contributed by atoms with Gasteiger partial charge in [0.2, 0.25) is 5.24 Å². The van der Waals surface area contributed by atoms with E-state index in [1.165, 1.54) is 0 Å². The fourth-order valence-electron chi connectivity index (χ4n) is 7.98. The number of carbonyl (C=O) groups excluding carboxylic acids is 3. The number of fused-ring (bicyclic) bond motifs is 1. The maximum atomic E-state index is 12.7. The van der Waals surface area contributed by atoms with Crippen molar-refractivity contribution in [2.75, 3.05) is 6.61 Å². The predicted molar refractivity (Wildman–Crippen MR) is 86.1 cm³/mol. The zero-order valence-electron chi connectivity index (χ0n) is 14.0. The molecule has 0 aromatic rings. The van der Waals surface area contributed by atoms with Gasteiger partial charge in [-0.1, -0.05) is 6.42 Å². The van der Waals surface area contributed by atoms with E-state index in [0.717, 1.165) is 38.5 Å². The van der Waals surface area contributed by atoms with E-state index in [0.29, 0.717) is 18.8 Å². The van der Waals surface area contributed by atoms with Crippen molar-refractivity contribution in [1.82, 2.24) is 0 Å². The van der Waals surface area contributed by atoms with E-state index in [1.54, 1.807) is 0 Å². The Hall–Kier alpha value is -0.900. The lowest BCUT2D eigenvalue weighted by Gasteiger charge is -2.55. The van der Waals surface area contributed by atoms with Gasteiger partial charge in [-0.25, -0.2) is 0 Å². The van der Waals surface area contributed by atoms with Crippen molar-refractivity contribution < 1.29 is 19.1 Å². The molecule has 1 saturated heterocycles. The van der Waals surface area contributed by atoms with Crippen molar-refractivity contribution in [3.63, 3.8) is 0 Å². The Kier molecular flexibility index (Phi) is 2.84. The van der Waals surface area contributed by atoms with Crippen LogP contribution in [0.15, 0.2) is 0 Å². The van der Waals surface area contributed by atoms with Crippen LogP contribution in [0.2, 0.25) is 0 Å². The van der Waals surface area contributed by atoms with Crippen molar-refractivity contribution in [2.24, 2.45) is 39.9 Å². The average Bonchev–Trinajstić information content (AvgIpc) is 2.93. The van der Waals surface area contributed by atoms with Gasteiger partial charge in [-0.05, 0) is 67.9 Å². The van der Waals surface area contributed by atoms with Gasteiger partial charge in [0.1, 0.15) is 5.78 Å². The van der Waals surface area contributed by atoms with Crippen LogP contribution >= 0.6 is 11.6 Å². The van der Waals surface area contributed by atoms with E-state index >= 15 is 0 Å². The Morgan fingerprint density at radius 3 is 2.75 bits per heavy atom. The van der Waals surface area contributed by atoms with Gasteiger partial charge in [0, 0.05) is 23.7 Å². The number of cyclic esters (lactones) is 1. The molecule has 5 heteroatoms. The highest BCUT2D eigenvalue weighted by Gasteiger charge is 2.78. The number of ketones is 1. The van der Waals surface area contributed by atoms with E-state index in [1.807, 2.05) is 6.92 Å². The highest BCUT2D eigenvalue weighted by molar-refractivity contribution is 6.64. The van der Waals surface area contributed by atoms with Crippen LogP contribution in [0.4, 0.5) is 0 Å². The zero-order valence-corrected chi connectivity index (χ0v) is 14.7. The minimum absolute atomic E-state index is 0.0559. The van der Waals surface area contributed by atoms with Crippen molar-refractivity contribution in [2.45, 2.75) is 51.9 Å². The van der Waals surface area contributed by atoms with Gasteiger partial charge in [-0.3, -0.25) is 14.4 Å². The SMILES string of the molecule is C[C@]12CCC[C@@]3(COC1=O)[C@@H]1CC[C@@H]4C[C@]1(CC4=O)[C@@H](C(=O)Cl)[C@@H]32. The van der Waals surface area contributed by atoms with Crippen molar-refractivity contribution >= 4 is 28.6 Å². The molecule has 1 aliphatic heterocycles. The fraction of sp³-hybridized carbons (Fsp3) is 0.842. The summed E-state index contributed by atoms with van der Waals surface area (Å²) in [5, 5.41) is -0.329. The van der Waals surface area contributed by atoms with Gasteiger partial charge in [0.05, 0.1) is 12.0 Å². The van der Waals surface area contributed by atoms with Crippen LogP contribution < -0.4 is 0 Å². The summed E-state index contributed by atoms with van der Waals surface area (Å²) in [4.78, 5) is 37.8. The molecule has 0 amide bonds. The van der Waals surface area contributed by atoms with Crippen molar-refractivity contribution in [1.29, 1.82) is 0 Å². The number of carbonyl (C=O) groups is 3. The summed E-state index contributed by atoms with van der Waals surface area (Å²) >= 11 is 6.17. The predicted octanol–water partition coefficient (Wildman–Crippen LogP) is 3.11. The molecule has 5 aliphatic rings. The van der Waals surface area contributed by atoms with E-state index in [9.17, 15) is 14.4 Å². The molecule has 130 valence electrons. The topological polar surface area (TPSA) is 60.4 Å². The second-order valence-corrected chi connectivity index (χ2v) is 9.62. The lowest BCUT2D eigenvalue weighted by atomic mass is 9.51. The quantitative estimate of drug-likeness (QED) is 0.538. The third-order valence-corrected chi connectivity index (χ3v) is 8.79. The minimum Gasteiger partial charge on any atom is -0.465 e. The van der Waals surface area contributed by atoms with Gasteiger partial charge in [-0.15, -0.1) is 0 Å². The molecule has 0 unspecified atom stereocenters. The highest BCUT2D eigenvalue weighted by atomic mass is 35.5. The Bertz CT molecular complexity index is 674. The molecule has 7 atom stereocenters. The van der Waals surface area contributed by atoms with Crippen LogP contribution in [0.3, 0.4) is 0 Å². The molecule has 4 bridgehead atoms. The molecular formula is C19H23ClO4. The molecule has 5 rings (SSSR count). The zero-order chi connectivity index (χ0) is 16.9. The maximum Gasteiger partial charge on any atom is 0.312 e. The lowest BCUT2D eigenvalue weighted by Crippen LogP contribution is -2.58. The van der Waals surface area contributed by atoms with Crippen molar-refractivity contribution in [3.8, 4) is 0 Å². The lowest BCUT2D eigenvalue weighted by molar-refractivity contribution is -0.199. The Labute approximate surface area is 146 Å². The summed E-state index contributed by atoms with van der Waals surface area (Å²) in [6.07, 6.45) is 5.92. The first kappa shape index (κ1) is 15.4. The number of hydrogen-bond acceptors (Lipinski definition) is 4. The Morgan fingerprint density at radius 1 is 1.21 bits per heavy atom. The van der Waals surface area contributed by atoms with Gasteiger partial charge >= 0.3 is 5.97 Å². The Morgan fingerprint density at radius 2 is 2.00 bits per heavy atom. The van der Waals surface area contributed by atoms with Gasteiger partial charge in [-0.2, -0.15) is 0 Å². The van der Waals surface area contributed by atoms with Crippen LogP contribution in [0, 0.1) is 39.9 Å². The summed E-state index contributed by atoms with van der Waals surface area (Å²) < 4.78 is 5.68. The molecular weight excluding hydrogens is 328 g/mol. The van der Waals surface area contributed by atoms with Crippen molar-refractivity contribution in [3.05, 3.63) is 0 Å². The first-order valence-corrected chi connectivity index (χ1v) is 9.62. The molecule has 0 aromatic carbocycles. The van der Waals surface area contributed by atoms with E-state index in [-0.39, 0.29) is 45.7 Å². The third kappa shape index (κ3) is 1.47. The summed E-state index contributed by atoms with van der Waals surface area (Å²) in [5.41, 5.74) is -1.09. The van der Waals surface area contributed by atoms with Crippen LogP contribution in [0.5, 0.6) is 0 Å². The molecule has 0 N–H and O–H groups in total. The van der Waals surface area contributed by atoms with E-state index in [4.69, 9.17) is 16.3 Å². The van der Waals surface area contributed by atoms with Crippen LogP contribution in [-0.2, 0) is 19.1 Å². The molecule has 1 heterocycles. The third-order valence-electron chi connectivity index (χ3n) is 8.56. The maximum absolute atomic E-state index is 12.7. The number of ether oxygens (including phenoxy) is 1. The first-order chi connectivity index (χ1) is 11.4. The van der Waals surface area contributed by atoms with Gasteiger partial charge in [0.15, 0.2) is 0 Å². The van der Waals surface area contributed by atoms with Crippen LogP contribution in [0.1, 0.15) is 51.9 Å². The molecule has 0 radical (unpaired) electrons. The number of Topliss-reactive ketones (excluding diaryl/α,β-unsaturated/α-hetero) is 1. The molecule has 4 nitrogen and oxygen atoms in total. The molecule has 5 fully saturated rings. The van der Waals surface area contributed by atoms with E-state index in [2.05, 4.69) is 0 Å². The molecule has 4 aliphatic carbocycles. The largest absolute Gasteiger partial charge is 0.465 e. The Balaban J connectivity index is 1.75. The molecule has 4 saturated carbocycles. The second kappa shape index (κ2) is 4.44. The normalized spacial score (nSPS) is 54.9. The monoisotopic (exact) mass is 350 g/mol. The number of hydrogen-bond donors (Lipinski definition) is 0. The smallest absolute Gasteiger partial charge is 0.312 e. The van der Waals surface area contributed by atoms with Crippen LogP contribution in [0.25, 0.3) is 0 Å².